The van der Waals surface area contributed by atoms with Crippen LogP contribution in [0.2, 0.25) is 0 Å². The molecule has 0 aliphatic carbocycles. The monoisotopic (exact) mass is 376 g/mol. The highest BCUT2D eigenvalue weighted by atomic mass is 32.8. The van der Waals surface area contributed by atoms with Gasteiger partial charge in [-0.2, -0.15) is 0 Å². The Morgan fingerprint density at radius 3 is 1.41 bits per heavy atom. The standard InChI is InChI=1S/C14H18O4P2S2/c15-19(16,21)20(17,18)22(11-13-7-3-1-4-8-13)12-14-9-5-2-6-10-14/h1-10,17-18H,11-12H2,(H2,15,16,21). The first kappa shape index (κ1) is 18.1. The summed E-state index contributed by atoms with van der Waals surface area (Å²) in [6, 6.07) is 18.7. The van der Waals surface area contributed by atoms with Crippen LogP contribution in [0, 0.1) is 0 Å². The first-order chi connectivity index (χ1) is 10.3. The van der Waals surface area contributed by atoms with Crippen LogP contribution in [-0.2, 0) is 33.4 Å². The van der Waals surface area contributed by atoms with Crippen molar-refractivity contribution in [3.05, 3.63) is 71.8 Å². The van der Waals surface area contributed by atoms with Gasteiger partial charge in [0.25, 0.3) is 6.18 Å². The van der Waals surface area contributed by atoms with Gasteiger partial charge >= 0.3 is 0 Å². The molecule has 2 rings (SSSR count). The molecule has 0 fully saturated rings. The molecule has 0 bridgehead atoms. The highest BCUT2D eigenvalue weighted by Gasteiger charge is 2.32. The average molecular weight is 376 g/mol. The summed E-state index contributed by atoms with van der Waals surface area (Å²) >= 11 is 4.61. The summed E-state index contributed by atoms with van der Waals surface area (Å²) in [5.74, 6) is 0.714. The first-order valence-corrected chi connectivity index (χ1v) is 13.7. The van der Waals surface area contributed by atoms with Crippen LogP contribution < -0.4 is 0 Å². The van der Waals surface area contributed by atoms with E-state index in [-0.39, 0.29) is 0 Å². The fourth-order valence-electron chi connectivity index (χ4n) is 1.91. The van der Waals surface area contributed by atoms with Crippen molar-refractivity contribution < 1.29 is 19.6 Å². The molecule has 2 aromatic rings. The smallest absolute Gasteiger partial charge is 0.262 e. The Kier molecular flexibility index (Phi) is 6.17. The van der Waals surface area contributed by atoms with Crippen molar-refractivity contribution >= 4 is 34.2 Å². The van der Waals surface area contributed by atoms with E-state index in [1.165, 1.54) is 0 Å². The molecule has 0 aromatic heterocycles. The van der Waals surface area contributed by atoms with Crippen LogP contribution in [0.3, 0.4) is 0 Å². The second kappa shape index (κ2) is 7.52. The summed E-state index contributed by atoms with van der Waals surface area (Å²) in [6.07, 6.45) is -8.13. The number of rotatable bonds is 5. The lowest BCUT2D eigenvalue weighted by molar-refractivity contribution is 0.452. The van der Waals surface area contributed by atoms with E-state index >= 15 is 0 Å². The van der Waals surface area contributed by atoms with Crippen LogP contribution in [0.4, 0.5) is 0 Å². The van der Waals surface area contributed by atoms with E-state index in [4.69, 9.17) is 0 Å². The van der Waals surface area contributed by atoms with E-state index in [1.807, 2.05) is 60.7 Å². The Bertz CT molecular complexity index is 680. The maximum atomic E-state index is 10.4. The Balaban J connectivity index is 2.46. The van der Waals surface area contributed by atoms with Crippen LogP contribution in [-0.4, -0.2) is 19.6 Å². The molecule has 0 heterocycles. The van der Waals surface area contributed by atoms with Crippen LogP contribution >= 0.6 is 12.4 Å². The van der Waals surface area contributed by atoms with Crippen molar-refractivity contribution in [2.75, 3.05) is 0 Å². The van der Waals surface area contributed by atoms with E-state index in [1.54, 1.807) is 0 Å². The summed E-state index contributed by atoms with van der Waals surface area (Å²) in [7, 11) is -1.04. The van der Waals surface area contributed by atoms with Gasteiger partial charge < -0.3 is 19.6 Å². The first-order valence-electron chi connectivity index (χ1n) is 6.47. The van der Waals surface area contributed by atoms with Crippen LogP contribution in [0.5, 0.6) is 0 Å². The summed E-state index contributed by atoms with van der Waals surface area (Å²) < 4.78 is 0. The molecular formula is C14H18O4P2S2. The van der Waals surface area contributed by atoms with Gasteiger partial charge in [-0.1, -0.05) is 60.7 Å². The van der Waals surface area contributed by atoms with Crippen molar-refractivity contribution in [3.8, 4) is 0 Å². The van der Waals surface area contributed by atoms with Gasteiger partial charge in [0, 0.05) is 11.5 Å². The molecule has 120 valence electrons. The van der Waals surface area contributed by atoms with E-state index in [0.29, 0.717) is 11.5 Å². The van der Waals surface area contributed by atoms with Gasteiger partial charge in [0.2, 0.25) is 6.18 Å². The molecule has 0 saturated carbocycles. The van der Waals surface area contributed by atoms with E-state index in [0.717, 1.165) is 11.1 Å². The Morgan fingerprint density at radius 1 is 0.727 bits per heavy atom. The third-order valence-corrected chi connectivity index (χ3v) is 17.7. The molecule has 0 aliphatic rings. The van der Waals surface area contributed by atoms with Crippen molar-refractivity contribution in [2.45, 2.75) is 11.5 Å². The Labute approximate surface area is 137 Å². The van der Waals surface area contributed by atoms with Crippen LogP contribution in [0.15, 0.2) is 60.7 Å². The molecular weight excluding hydrogens is 358 g/mol. The molecule has 0 unspecified atom stereocenters. The molecule has 8 heteroatoms. The van der Waals surface area contributed by atoms with Crippen LogP contribution in [0.1, 0.15) is 11.1 Å². The minimum absolute atomic E-state index is 0.357. The Morgan fingerprint density at radius 2 is 1.09 bits per heavy atom. The highest BCUT2D eigenvalue weighted by molar-refractivity contribution is 8.64. The normalized spacial score (nSPS) is 12.6. The summed E-state index contributed by atoms with van der Waals surface area (Å²) in [6.45, 7) is 0. The maximum Gasteiger partial charge on any atom is 0.262 e. The van der Waals surface area contributed by atoms with Crippen molar-refractivity contribution in [1.29, 1.82) is 0 Å². The second-order valence-electron chi connectivity index (χ2n) is 4.75. The summed E-state index contributed by atoms with van der Waals surface area (Å²) in [5.41, 5.74) is 1.83. The maximum absolute atomic E-state index is 10.4. The zero-order valence-corrected chi connectivity index (χ0v) is 15.1. The average Bonchev–Trinajstić information content (AvgIpc) is 2.47. The largest absolute Gasteiger partial charge is 0.342 e. The highest BCUT2D eigenvalue weighted by Crippen LogP contribution is 2.75. The Hall–Kier alpha value is -0.290. The van der Waals surface area contributed by atoms with E-state index in [9.17, 15) is 19.6 Å². The van der Waals surface area contributed by atoms with Crippen LogP contribution in [0.25, 0.3) is 0 Å². The molecule has 0 radical (unpaired) electrons. The predicted molar refractivity (Wildman–Crippen MR) is 97.7 cm³/mol. The lowest BCUT2D eigenvalue weighted by Crippen LogP contribution is -2.03. The van der Waals surface area contributed by atoms with Gasteiger partial charge in [-0.05, 0) is 22.9 Å². The van der Waals surface area contributed by atoms with E-state index < -0.39 is 22.4 Å². The second-order valence-corrected chi connectivity index (χ2v) is 17.9. The predicted octanol–water partition coefficient (Wildman–Crippen LogP) is 2.96. The third-order valence-electron chi connectivity index (χ3n) is 3.04. The quantitative estimate of drug-likeness (QED) is 0.604. The fourth-order valence-corrected chi connectivity index (χ4v) is 12.9. The number of benzene rings is 2. The van der Waals surface area contributed by atoms with Crippen molar-refractivity contribution in [3.63, 3.8) is 0 Å². The zero-order chi connectivity index (χ0) is 16.2. The van der Waals surface area contributed by atoms with Gasteiger partial charge in [0.1, 0.15) is 0 Å². The number of hydrogen-bond donors (Lipinski definition) is 4. The molecule has 4 N–H and O–H groups in total. The molecule has 4 nitrogen and oxygen atoms in total. The molecule has 0 saturated heterocycles. The molecule has 2 aromatic carbocycles. The zero-order valence-electron chi connectivity index (χ0n) is 11.7. The molecule has 0 amide bonds. The summed E-state index contributed by atoms with van der Waals surface area (Å²) in [5, 5.41) is 0. The topological polar surface area (TPSA) is 80.9 Å². The van der Waals surface area contributed by atoms with Crippen molar-refractivity contribution in [2.24, 2.45) is 0 Å². The van der Waals surface area contributed by atoms with Gasteiger partial charge in [-0.15, -0.1) is 10.1 Å². The van der Waals surface area contributed by atoms with Gasteiger partial charge in [0.15, 0.2) is 0 Å². The summed E-state index contributed by atoms with van der Waals surface area (Å²) in [4.78, 5) is 40.1. The molecule has 0 aliphatic heterocycles. The molecule has 0 spiro atoms. The van der Waals surface area contributed by atoms with E-state index in [2.05, 4.69) is 11.8 Å². The van der Waals surface area contributed by atoms with Crippen molar-refractivity contribution in [1.82, 2.24) is 0 Å². The molecule has 22 heavy (non-hydrogen) atoms. The lowest BCUT2D eigenvalue weighted by Gasteiger charge is -2.24. The lowest BCUT2D eigenvalue weighted by atomic mass is 10.2. The SMILES string of the molecule is OP(O)(=S)P(O)(O)=S(Cc1ccccc1)Cc1ccccc1. The number of hydrogen-bond acceptors (Lipinski definition) is 1. The molecule has 0 atom stereocenters. The third kappa shape index (κ3) is 4.60. The van der Waals surface area contributed by atoms with Gasteiger partial charge in [-0.3, -0.25) is 0 Å². The van der Waals surface area contributed by atoms with Gasteiger partial charge in [0.05, 0.1) is 0 Å². The van der Waals surface area contributed by atoms with Gasteiger partial charge in [-0.25, -0.2) is 0 Å². The minimum atomic E-state index is -4.13. The minimum Gasteiger partial charge on any atom is -0.342 e. The fraction of sp³-hybridized carbons (Fsp3) is 0.143.